The summed E-state index contributed by atoms with van der Waals surface area (Å²) in [6.07, 6.45) is 1.12. The van der Waals surface area contributed by atoms with Crippen LogP contribution in [-0.4, -0.2) is 43.7 Å². The Labute approximate surface area is 101 Å². The van der Waals surface area contributed by atoms with Crippen LogP contribution in [0.3, 0.4) is 0 Å². The topological polar surface area (TPSA) is 26.3 Å². The van der Waals surface area contributed by atoms with Gasteiger partial charge in [-0.15, -0.1) is 0 Å². The maximum atomic E-state index is 11.0. The van der Waals surface area contributed by atoms with Crippen LogP contribution in [0.1, 0.15) is 10.4 Å². The fraction of sp³-hybridized carbons (Fsp3) is 0. The summed E-state index contributed by atoms with van der Waals surface area (Å²) < 4.78 is 4.55. The van der Waals surface area contributed by atoms with Crippen molar-refractivity contribution in [2.75, 3.05) is 0 Å². The van der Waals surface area contributed by atoms with Crippen LogP contribution >= 0.6 is 0 Å². The molecule has 2 nitrogen and oxygen atoms in total. The average molecular weight is 190 g/mol. The number of carbonyl (C=O) groups is 1. The molecule has 0 radical (unpaired) electrons. The van der Waals surface area contributed by atoms with Crippen molar-refractivity contribution in [2.45, 2.75) is 0 Å². The molecule has 0 spiro atoms. The molecule has 0 aliphatic heterocycles. The molecule has 0 heterocycles. The van der Waals surface area contributed by atoms with E-state index in [4.69, 9.17) is 0 Å². The van der Waals surface area contributed by atoms with Crippen LogP contribution in [0.25, 0.3) is 0 Å². The molecule has 0 saturated heterocycles. The molecule has 0 bridgehead atoms. The second kappa shape index (κ2) is 6.23. The number of carbonyl (C=O) groups excluding carboxylic acids is 1. The normalized spacial score (nSPS) is 8.00. The van der Waals surface area contributed by atoms with E-state index in [0.29, 0.717) is 5.56 Å². The Balaban J connectivity index is 0.00000121. The van der Waals surface area contributed by atoms with Gasteiger partial charge in [0.25, 0.3) is 0 Å². The number of hydrogen-bond acceptors (Lipinski definition) is 2. The van der Waals surface area contributed by atoms with Gasteiger partial charge in [-0.2, -0.15) is 0 Å². The molecule has 0 saturated carbocycles. The van der Waals surface area contributed by atoms with Gasteiger partial charge in [0.2, 0.25) is 0 Å². The predicted octanol–water partition coefficient (Wildman–Crippen LogP) is 1.07. The fourth-order valence-corrected chi connectivity index (χ4v) is 0.718. The fourth-order valence-electron chi connectivity index (χ4n) is 0.718. The molecule has 60 valence electrons. The van der Waals surface area contributed by atoms with E-state index in [1.54, 1.807) is 24.3 Å². The summed E-state index contributed by atoms with van der Waals surface area (Å²) in [5.74, 6) is -0.374. The molecule has 0 unspecified atom stereocenters. The van der Waals surface area contributed by atoms with Crippen LogP contribution in [0.5, 0.6) is 0 Å². The number of rotatable bonds is 2. The third-order valence-corrected chi connectivity index (χ3v) is 1.20. The molecule has 1 aromatic carbocycles. The molecule has 0 aliphatic rings. The first-order valence-electron chi connectivity index (χ1n) is 3.21. The summed E-state index contributed by atoms with van der Waals surface area (Å²) in [5.41, 5.74) is 0.535. The van der Waals surface area contributed by atoms with E-state index in [-0.39, 0.29) is 43.7 Å². The van der Waals surface area contributed by atoms with Gasteiger partial charge in [0.1, 0.15) is 0 Å². The Kier molecular flexibility index (Phi) is 6.07. The van der Waals surface area contributed by atoms with E-state index in [2.05, 4.69) is 11.3 Å². The third kappa shape index (κ3) is 3.39. The van der Waals surface area contributed by atoms with Crippen molar-refractivity contribution in [1.29, 1.82) is 0 Å². The van der Waals surface area contributed by atoms with Crippen molar-refractivity contribution in [2.24, 2.45) is 0 Å². The minimum absolute atomic E-state index is 0. The summed E-state index contributed by atoms with van der Waals surface area (Å²) in [6.45, 7) is 3.28. The van der Waals surface area contributed by atoms with E-state index >= 15 is 0 Å². The van der Waals surface area contributed by atoms with E-state index in [1.165, 1.54) is 0 Å². The van der Waals surface area contributed by atoms with Crippen LogP contribution in [0.15, 0.2) is 43.2 Å². The molecule has 0 aliphatic carbocycles. The molecular formula is C9H10CaO2. The first kappa shape index (κ1) is 11.7. The second-order valence-corrected chi connectivity index (χ2v) is 1.94. The molecule has 12 heavy (non-hydrogen) atoms. The Bertz CT molecular complexity index is 256. The quantitative estimate of drug-likeness (QED) is 0.396. The molecular weight excluding hydrogens is 180 g/mol. The van der Waals surface area contributed by atoms with Gasteiger partial charge in [-0.3, -0.25) is 0 Å². The zero-order valence-electron chi connectivity index (χ0n) is 5.99. The number of benzene rings is 1. The first-order chi connectivity index (χ1) is 5.34. The van der Waals surface area contributed by atoms with Crippen LogP contribution < -0.4 is 0 Å². The van der Waals surface area contributed by atoms with Crippen molar-refractivity contribution in [3.63, 3.8) is 0 Å². The van der Waals surface area contributed by atoms with E-state index in [9.17, 15) is 4.79 Å². The molecule has 0 amide bonds. The Morgan fingerprint density at radius 2 is 1.92 bits per heavy atom. The summed E-state index contributed by atoms with van der Waals surface area (Å²) in [7, 11) is 0. The van der Waals surface area contributed by atoms with Crippen LogP contribution in [-0.2, 0) is 4.74 Å². The molecule has 0 fully saturated rings. The third-order valence-electron chi connectivity index (χ3n) is 1.20. The monoisotopic (exact) mass is 190 g/mol. The molecule has 3 heteroatoms. The molecule has 1 rings (SSSR count). The zero-order chi connectivity index (χ0) is 8.10. The molecule has 1 aromatic rings. The van der Waals surface area contributed by atoms with Gasteiger partial charge in [-0.1, -0.05) is 24.8 Å². The Morgan fingerprint density at radius 1 is 1.33 bits per heavy atom. The van der Waals surface area contributed by atoms with Crippen molar-refractivity contribution in [3.8, 4) is 0 Å². The van der Waals surface area contributed by atoms with Gasteiger partial charge in [-0.05, 0) is 12.1 Å². The Morgan fingerprint density at radius 3 is 2.42 bits per heavy atom. The van der Waals surface area contributed by atoms with Crippen molar-refractivity contribution >= 4 is 43.7 Å². The average Bonchev–Trinajstić information content (AvgIpc) is 2.07. The Hall–Kier alpha value is -0.310. The van der Waals surface area contributed by atoms with E-state index < -0.39 is 0 Å². The summed E-state index contributed by atoms with van der Waals surface area (Å²) in [5, 5.41) is 0. The predicted molar refractivity (Wildman–Crippen MR) is 50.6 cm³/mol. The summed E-state index contributed by atoms with van der Waals surface area (Å²) in [6, 6.07) is 8.77. The van der Waals surface area contributed by atoms with E-state index in [1.807, 2.05) is 6.07 Å². The number of ether oxygens (including phenoxy) is 1. The van der Waals surface area contributed by atoms with E-state index in [0.717, 1.165) is 6.26 Å². The minimum atomic E-state index is -0.374. The maximum absolute atomic E-state index is 11.0. The van der Waals surface area contributed by atoms with Gasteiger partial charge < -0.3 is 4.74 Å². The molecule has 0 aromatic heterocycles. The number of esters is 1. The van der Waals surface area contributed by atoms with Crippen LogP contribution in [0.2, 0.25) is 0 Å². The first-order valence-corrected chi connectivity index (χ1v) is 3.21. The molecule has 0 atom stereocenters. The second-order valence-electron chi connectivity index (χ2n) is 1.94. The zero-order valence-corrected chi connectivity index (χ0v) is 5.99. The summed E-state index contributed by atoms with van der Waals surface area (Å²) in [4.78, 5) is 11.0. The van der Waals surface area contributed by atoms with Gasteiger partial charge in [-0.25, -0.2) is 4.79 Å². The van der Waals surface area contributed by atoms with Crippen LogP contribution in [0, 0.1) is 0 Å². The van der Waals surface area contributed by atoms with Gasteiger partial charge in [0.15, 0.2) is 0 Å². The van der Waals surface area contributed by atoms with Crippen molar-refractivity contribution in [1.82, 2.24) is 0 Å². The van der Waals surface area contributed by atoms with Crippen molar-refractivity contribution in [3.05, 3.63) is 48.7 Å². The van der Waals surface area contributed by atoms with Gasteiger partial charge >= 0.3 is 43.7 Å². The van der Waals surface area contributed by atoms with Crippen molar-refractivity contribution < 1.29 is 9.53 Å². The van der Waals surface area contributed by atoms with Gasteiger partial charge in [0, 0.05) is 0 Å². The van der Waals surface area contributed by atoms with Crippen LogP contribution in [0.4, 0.5) is 0 Å². The summed E-state index contributed by atoms with van der Waals surface area (Å²) >= 11 is 0. The standard InChI is InChI=1S/C9H8O2.Ca.2H/c1-2-11-9(10)8-6-4-3-5-7-8;;;/h2-7H,1H2;;;. The van der Waals surface area contributed by atoms with Gasteiger partial charge in [0.05, 0.1) is 11.8 Å². The molecule has 0 N–H and O–H groups in total. The SMILES string of the molecule is C=COC(=O)c1ccccc1.[CaH2]. The number of hydrogen-bond donors (Lipinski definition) is 0.